The molecule has 102 valence electrons. The van der Waals surface area contributed by atoms with E-state index in [4.69, 9.17) is 5.73 Å². The average molecular weight is 240 g/mol. The zero-order valence-electron chi connectivity index (χ0n) is 12.4. The van der Waals surface area contributed by atoms with E-state index in [9.17, 15) is 0 Å². The van der Waals surface area contributed by atoms with E-state index in [0.717, 1.165) is 18.4 Å². The largest absolute Gasteiger partial charge is 0.329 e. The van der Waals surface area contributed by atoms with E-state index in [0.29, 0.717) is 18.0 Å². The molecule has 1 rings (SSSR count). The van der Waals surface area contributed by atoms with Crippen molar-refractivity contribution in [3.63, 3.8) is 0 Å². The van der Waals surface area contributed by atoms with Crippen LogP contribution in [0.4, 0.5) is 0 Å². The smallest absolute Gasteiger partial charge is 0.0246 e. The van der Waals surface area contributed by atoms with E-state index < -0.39 is 0 Å². The number of nitrogens with zero attached hydrogens (tertiary/aromatic N) is 1. The summed E-state index contributed by atoms with van der Waals surface area (Å²) in [6.45, 7) is 10.1. The molecule has 0 radical (unpaired) electrons. The van der Waals surface area contributed by atoms with Gasteiger partial charge in [0.05, 0.1) is 0 Å². The monoisotopic (exact) mass is 240 g/mol. The minimum Gasteiger partial charge on any atom is -0.329 e. The Morgan fingerprint density at radius 2 is 1.65 bits per heavy atom. The van der Waals surface area contributed by atoms with Gasteiger partial charge in [-0.25, -0.2) is 0 Å². The molecule has 1 fully saturated rings. The van der Waals surface area contributed by atoms with Crippen molar-refractivity contribution in [2.24, 2.45) is 23.5 Å². The van der Waals surface area contributed by atoms with Crippen molar-refractivity contribution in [3.05, 3.63) is 0 Å². The van der Waals surface area contributed by atoms with Crippen LogP contribution in [0.1, 0.15) is 53.4 Å². The first kappa shape index (κ1) is 15.0. The van der Waals surface area contributed by atoms with Crippen LogP contribution >= 0.6 is 0 Å². The summed E-state index contributed by atoms with van der Waals surface area (Å²) in [6.07, 6.45) is 5.53. The van der Waals surface area contributed by atoms with E-state index in [-0.39, 0.29) is 0 Å². The van der Waals surface area contributed by atoms with Crippen molar-refractivity contribution in [1.29, 1.82) is 0 Å². The lowest BCUT2D eigenvalue weighted by atomic mass is 9.78. The highest BCUT2D eigenvalue weighted by molar-refractivity contribution is 4.85. The number of hydrogen-bond donors (Lipinski definition) is 1. The molecule has 2 unspecified atom stereocenters. The van der Waals surface area contributed by atoms with Crippen molar-refractivity contribution in [1.82, 2.24) is 4.90 Å². The standard InChI is InChI=1S/C15H32N2/c1-11(2)13(4)17(5)15(10-16)14-8-6-12(3)7-9-14/h11-15H,6-10,16H2,1-5H3. The van der Waals surface area contributed by atoms with Crippen molar-refractivity contribution >= 4 is 0 Å². The summed E-state index contributed by atoms with van der Waals surface area (Å²) in [6, 6.07) is 1.21. The topological polar surface area (TPSA) is 29.3 Å². The maximum Gasteiger partial charge on any atom is 0.0246 e. The Kier molecular flexibility index (Phi) is 5.94. The predicted molar refractivity (Wildman–Crippen MR) is 76.0 cm³/mol. The zero-order chi connectivity index (χ0) is 13.0. The van der Waals surface area contributed by atoms with Crippen LogP contribution in [0.15, 0.2) is 0 Å². The third-order valence-corrected chi connectivity index (χ3v) is 4.98. The van der Waals surface area contributed by atoms with Crippen molar-refractivity contribution in [2.75, 3.05) is 13.6 Å². The van der Waals surface area contributed by atoms with Crippen LogP contribution in [0.5, 0.6) is 0 Å². The molecule has 2 N–H and O–H groups in total. The molecule has 2 nitrogen and oxygen atoms in total. The Morgan fingerprint density at radius 3 is 2.06 bits per heavy atom. The van der Waals surface area contributed by atoms with Crippen LogP contribution in [0.25, 0.3) is 0 Å². The second-order valence-electron chi connectivity index (χ2n) is 6.47. The Labute approximate surface area is 108 Å². The summed E-state index contributed by atoms with van der Waals surface area (Å²) in [5.41, 5.74) is 6.04. The fourth-order valence-corrected chi connectivity index (χ4v) is 3.13. The van der Waals surface area contributed by atoms with E-state index >= 15 is 0 Å². The van der Waals surface area contributed by atoms with Crippen molar-refractivity contribution < 1.29 is 0 Å². The lowest BCUT2D eigenvalue weighted by Crippen LogP contribution is -2.49. The third-order valence-electron chi connectivity index (χ3n) is 4.98. The second-order valence-corrected chi connectivity index (χ2v) is 6.47. The summed E-state index contributed by atoms with van der Waals surface area (Å²) in [7, 11) is 2.26. The van der Waals surface area contributed by atoms with E-state index in [1.807, 2.05) is 0 Å². The fourth-order valence-electron chi connectivity index (χ4n) is 3.13. The Hall–Kier alpha value is -0.0800. The molecule has 2 atom stereocenters. The highest BCUT2D eigenvalue weighted by Gasteiger charge is 2.30. The van der Waals surface area contributed by atoms with Crippen LogP contribution < -0.4 is 5.73 Å². The van der Waals surface area contributed by atoms with Gasteiger partial charge in [0.1, 0.15) is 0 Å². The van der Waals surface area contributed by atoms with Gasteiger partial charge in [0.25, 0.3) is 0 Å². The molecule has 0 aromatic heterocycles. The predicted octanol–water partition coefficient (Wildman–Crippen LogP) is 3.12. The van der Waals surface area contributed by atoms with E-state index in [2.05, 4.69) is 39.6 Å². The second kappa shape index (κ2) is 6.75. The molecule has 1 aliphatic carbocycles. The minimum atomic E-state index is 0.583. The normalized spacial score (nSPS) is 29.6. The van der Waals surface area contributed by atoms with Gasteiger partial charge in [-0.05, 0) is 44.6 Å². The zero-order valence-corrected chi connectivity index (χ0v) is 12.4. The molecule has 0 amide bonds. The molecule has 1 aliphatic rings. The Bertz CT molecular complexity index is 207. The fraction of sp³-hybridized carbons (Fsp3) is 1.00. The number of likely N-dealkylation sites (N-methyl/N-ethyl adjacent to an activating group) is 1. The molecule has 0 aromatic rings. The van der Waals surface area contributed by atoms with Gasteiger partial charge in [-0.15, -0.1) is 0 Å². The number of rotatable bonds is 5. The summed E-state index contributed by atoms with van der Waals surface area (Å²) in [5.74, 6) is 2.46. The maximum absolute atomic E-state index is 6.04. The van der Waals surface area contributed by atoms with Gasteiger partial charge in [0.2, 0.25) is 0 Å². The Morgan fingerprint density at radius 1 is 1.12 bits per heavy atom. The first-order chi connectivity index (χ1) is 7.97. The van der Waals surface area contributed by atoms with Crippen LogP contribution in [0.2, 0.25) is 0 Å². The minimum absolute atomic E-state index is 0.583. The molecule has 0 aliphatic heterocycles. The maximum atomic E-state index is 6.04. The van der Waals surface area contributed by atoms with Gasteiger partial charge in [0, 0.05) is 18.6 Å². The summed E-state index contributed by atoms with van der Waals surface area (Å²) < 4.78 is 0. The molecule has 0 heterocycles. The van der Waals surface area contributed by atoms with Crippen molar-refractivity contribution in [2.45, 2.75) is 65.5 Å². The average Bonchev–Trinajstić information content (AvgIpc) is 2.31. The Balaban J connectivity index is 2.58. The third kappa shape index (κ3) is 3.96. The molecule has 0 saturated heterocycles. The van der Waals surface area contributed by atoms with Gasteiger partial charge < -0.3 is 5.73 Å². The molecule has 0 aromatic carbocycles. The first-order valence-electron chi connectivity index (χ1n) is 7.39. The van der Waals surface area contributed by atoms with Gasteiger partial charge >= 0.3 is 0 Å². The van der Waals surface area contributed by atoms with Crippen LogP contribution in [0.3, 0.4) is 0 Å². The highest BCUT2D eigenvalue weighted by Crippen LogP contribution is 2.32. The molecular weight excluding hydrogens is 208 g/mol. The van der Waals surface area contributed by atoms with Gasteiger partial charge in [-0.1, -0.05) is 33.6 Å². The number of hydrogen-bond acceptors (Lipinski definition) is 2. The van der Waals surface area contributed by atoms with Crippen LogP contribution in [-0.4, -0.2) is 30.6 Å². The number of nitrogens with two attached hydrogens (primary N) is 1. The highest BCUT2D eigenvalue weighted by atomic mass is 15.2. The van der Waals surface area contributed by atoms with Crippen LogP contribution in [-0.2, 0) is 0 Å². The first-order valence-corrected chi connectivity index (χ1v) is 7.39. The van der Waals surface area contributed by atoms with Gasteiger partial charge in [-0.2, -0.15) is 0 Å². The van der Waals surface area contributed by atoms with Gasteiger partial charge in [-0.3, -0.25) is 4.90 Å². The molecule has 0 spiro atoms. The van der Waals surface area contributed by atoms with E-state index in [1.54, 1.807) is 0 Å². The van der Waals surface area contributed by atoms with E-state index in [1.165, 1.54) is 25.7 Å². The van der Waals surface area contributed by atoms with Crippen molar-refractivity contribution in [3.8, 4) is 0 Å². The molecule has 2 heteroatoms. The lowest BCUT2D eigenvalue weighted by molar-refractivity contribution is 0.0853. The lowest BCUT2D eigenvalue weighted by Gasteiger charge is -2.41. The molecule has 0 bridgehead atoms. The quantitative estimate of drug-likeness (QED) is 0.800. The molecule has 1 saturated carbocycles. The molecular formula is C15H32N2. The van der Waals surface area contributed by atoms with Gasteiger partial charge in [0.15, 0.2) is 0 Å². The molecule has 17 heavy (non-hydrogen) atoms. The summed E-state index contributed by atoms with van der Waals surface area (Å²) >= 11 is 0. The summed E-state index contributed by atoms with van der Waals surface area (Å²) in [4.78, 5) is 2.53. The SMILES string of the molecule is CC1CCC(C(CN)N(C)C(C)C(C)C)CC1. The van der Waals surface area contributed by atoms with Crippen LogP contribution in [0, 0.1) is 17.8 Å². The summed E-state index contributed by atoms with van der Waals surface area (Å²) in [5, 5.41) is 0.